The van der Waals surface area contributed by atoms with E-state index in [4.69, 9.17) is 14.0 Å². The van der Waals surface area contributed by atoms with Gasteiger partial charge >= 0.3 is 0 Å². The number of rotatable bonds is 7. The second-order valence-electron chi connectivity index (χ2n) is 7.62. The molecular formula is C23H26N4O4. The summed E-state index contributed by atoms with van der Waals surface area (Å²) in [4.78, 5) is 18.9. The van der Waals surface area contributed by atoms with Gasteiger partial charge in [-0.1, -0.05) is 19.0 Å². The second-order valence-corrected chi connectivity index (χ2v) is 7.62. The Kier molecular flexibility index (Phi) is 6.47. The Hall–Kier alpha value is -3.39. The van der Waals surface area contributed by atoms with Crippen molar-refractivity contribution < 1.29 is 18.8 Å². The molecule has 1 aliphatic rings. The third-order valence-corrected chi connectivity index (χ3v) is 4.96. The van der Waals surface area contributed by atoms with E-state index in [-0.39, 0.29) is 18.4 Å². The predicted octanol–water partition coefficient (Wildman–Crippen LogP) is 3.71. The molecule has 0 bridgehead atoms. The van der Waals surface area contributed by atoms with Gasteiger partial charge in [0.05, 0.1) is 13.2 Å². The van der Waals surface area contributed by atoms with E-state index >= 15 is 0 Å². The number of amides is 1. The highest BCUT2D eigenvalue weighted by Gasteiger charge is 2.13. The number of benzene rings is 2. The minimum atomic E-state index is -0.221. The fraction of sp³-hybridized carbons (Fsp3) is 0.348. The number of nitrogens with one attached hydrogen (secondary N) is 1. The number of nitrogens with zero attached hydrogens (tertiary/aromatic N) is 3. The van der Waals surface area contributed by atoms with Crippen molar-refractivity contribution in [2.45, 2.75) is 19.8 Å². The number of ether oxygens (including phenoxy) is 2. The molecule has 2 heterocycles. The third-order valence-electron chi connectivity index (χ3n) is 4.96. The van der Waals surface area contributed by atoms with Gasteiger partial charge in [0, 0.05) is 35.9 Å². The number of morpholine rings is 1. The van der Waals surface area contributed by atoms with Crippen molar-refractivity contribution in [1.29, 1.82) is 0 Å². The number of hydrogen-bond acceptors (Lipinski definition) is 7. The number of carbonyl (C=O) groups excluding carboxylic acids is 1. The van der Waals surface area contributed by atoms with Crippen molar-refractivity contribution in [2.75, 3.05) is 43.1 Å². The molecule has 31 heavy (non-hydrogen) atoms. The molecule has 0 radical (unpaired) electrons. The normalized spacial score (nSPS) is 14.0. The van der Waals surface area contributed by atoms with E-state index in [2.05, 4.69) is 20.4 Å². The highest BCUT2D eigenvalue weighted by atomic mass is 16.5. The topological polar surface area (TPSA) is 89.7 Å². The van der Waals surface area contributed by atoms with E-state index in [0.717, 1.165) is 43.2 Å². The molecule has 8 nitrogen and oxygen atoms in total. The van der Waals surface area contributed by atoms with Gasteiger partial charge in [0.15, 0.2) is 12.4 Å². The molecule has 162 valence electrons. The fourth-order valence-electron chi connectivity index (χ4n) is 3.20. The van der Waals surface area contributed by atoms with Crippen LogP contribution in [0.5, 0.6) is 5.75 Å². The van der Waals surface area contributed by atoms with Crippen LogP contribution in [-0.2, 0) is 9.53 Å². The fourth-order valence-corrected chi connectivity index (χ4v) is 3.20. The lowest BCUT2D eigenvalue weighted by Crippen LogP contribution is -2.36. The molecule has 0 atom stereocenters. The van der Waals surface area contributed by atoms with Gasteiger partial charge in [-0.15, -0.1) is 0 Å². The maximum atomic E-state index is 12.2. The molecule has 1 amide bonds. The van der Waals surface area contributed by atoms with Crippen molar-refractivity contribution in [3.8, 4) is 17.2 Å². The highest BCUT2D eigenvalue weighted by molar-refractivity contribution is 5.92. The van der Waals surface area contributed by atoms with Gasteiger partial charge in [-0.25, -0.2) is 0 Å². The SMILES string of the molecule is CC(C)c1noc(-c2ccc(OCC(=O)Nc3ccc(N4CCOCC4)cc3)cc2)n1. The predicted molar refractivity (Wildman–Crippen MR) is 117 cm³/mol. The molecule has 8 heteroatoms. The van der Waals surface area contributed by atoms with Gasteiger partial charge in [-0.2, -0.15) is 4.98 Å². The molecule has 1 aromatic heterocycles. The van der Waals surface area contributed by atoms with Crippen molar-refractivity contribution in [3.63, 3.8) is 0 Å². The quantitative estimate of drug-likeness (QED) is 0.621. The van der Waals surface area contributed by atoms with E-state index in [1.165, 1.54) is 0 Å². The van der Waals surface area contributed by atoms with Crippen LogP contribution in [0.25, 0.3) is 11.5 Å². The van der Waals surface area contributed by atoms with Gasteiger partial charge in [-0.05, 0) is 48.5 Å². The zero-order chi connectivity index (χ0) is 21.6. The van der Waals surface area contributed by atoms with Gasteiger partial charge in [0.25, 0.3) is 11.8 Å². The van der Waals surface area contributed by atoms with Crippen molar-refractivity contribution >= 4 is 17.3 Å². The molecule has 0 spiro atoms. The molecule has 2 aromatic carbocycles. The number of anilines is 2. The minimum Gasteiger partial charge on any atom is -0.484 e. The molecule has 1 aliphatic heterocycles. The largest absolute Gasteiger partial charge is 0.484 e. The lowest BCUT2D eigenvalue weighted by atomic mass is 10.2. The van der Waals surface area contributed by atoms with Gasteiger partial charge in [0.2, 0.25) is 0 Å². The zero-order valence-corrected chi connectivity index (χ0v) is 17.7. The summed E-state index contributed by atoms with van der Waals surface area (Å²) >= 11 is 0. The van der Waals surface area contributed by atoms with Gasteiger partial charge in [-0.3, -0.25) is 4.79 Å². The van der Waals surface area contributed by atoms with Crippen LogP contribution < -0.4 is 15.0 Å². The lowest BCUT2D eigenvalue weighted by Gasteiger charge is -2.28. The Morgan fingerprint density at radius 2 is 1.81 bits per heavy atom. The van der Waals surface area contributed by atoms with Gasteiger partial charge in [0.1, 0.15) is 5.75 Å². The molecule has 1 fully saturated rings. The van der Waals surface area contributed by atoms with E-state index in [0.29, 0.717) is 17.5 Å². The monoisotopic (exact) mass is 422 g/mol. The first-order valence-corrected chi connectivity index (χ1v) is 10.4. The van der Waals surface area contributed by atoms with Crippen LogP contribution >= 0.6 is 0 Å². The first kappa shape index (κ1) is 20.9. The Morgan fingerprint density at radius 1 is 1.10 bits per heavy atom. The summed E-state index contributed by atoms with van der Waals surface area (Å²) in [6, 6.07) is 15.0. The van der Waals surface area contributed by atoms with E-state index in [1.807, 2.05) is 50.2 Å². The molecule has 4 rings (SSSR count). The van der Waals surface area contributed by atoms with Crippen molar-refractivity contribution in [3.05, 3.63) is 54.4 Å². The molecule has 1 saturated heterocycles. The Bertz CT molecular complexity index is 993. The third kappa shape index (κ3) is 5.40. The Labute approximate surface area is 181 Å². The van der Waals surface area contributed by atoms with E-state index in [1.54, 1.807) is 12.1 Å². The number of hydrogen-bond donors (Lipinski definition) is 1. The average Bonchev–Trinajstić information content (AvgIpc) is 3.30. The van der Waals surface area contributed by atoms with Crippen LogP contribution in [0.15, 0.2) is 53.1 Å². The summed E-state index contributed by atoms with van der Waals surface area (Å²) in [5.74, 6) is 1.71. The van der Waals surface area contributed by atoms with Crippen molar-refractivity contribution in [2.24, 2.45) is 0 Å². The maximum Gasteiger partial charge on any atom is 0.262 e. The summed E-state index contributed by atoms with van der Waals surface area (Å²) in [7, 11) is 0. The van der Waals surface area contributed by atoms with Crippen LogP contribution in [0.4, 0.5) is 11.4 Å². The van der Waals surface area contributed by atoms with Crippen LogP contribution in [0.2, 0.25) is 0 Å². The summed E-state index contributed by atoms with van der Waals surface area (Å²) < 4.78 is 16.3. The zero-order valence-electron chi connectivity index (χ0n) is 17.7. The first-order valence-electron chi connectivity index (χ1n) is 10.4. The molecular weight excluding hydrogens is 396 g/mol. The van der Waals surface area contributed by atoms with Gasteiger partial charge < -0.3 is 24.2 Å². The molecule has 0 unspecified atom stereocenters. The number of carbonyl (C=O) groups is 1. The Balaban J connectivity index is 1.27. The standard InChI is InChI=1S/C23H26N4O4/c1-16(2)22-25-23(31-26-22)17-3-9-20(10-4-17)30-15-21(28)24-18-5-7-19(8-6-18)27-11-13-29-14-12-27/h3-10,16H,11-15H2,1-2H3,(H,24,28). The average molecular weight is 422 g/mol. The van der Waals surface area contributed by atoms with Crippen LogP contribution in [0.3, 0.4) is 0 Å². The minimum absolute atomic E-state index is 0.0807. The smallest absolute Gasteiger partial charge is 0.262 e. The second kappa shape index (κ2) is 9.61. The molecule has 0 saturated carbocycles. The van der Waals surface area contributed by atoms with Crippen LogP contribution in [0, 0.1) is 0 Å². The summed E-state index contributed by atoms with van der Waals surface area (Å²) in [5, 5.41) is 6.82. The molecule has 0 aliphatic carbocycles. The molecule has 1 N–H and O–H groups in total. The van der Waals surface area contributed by atoms with E-state index in [9.17, 15) is 4.79 Å². The first-order chi connectivity index (χ1) is 15.1. The van der Waals surface area contributed by atoms with Crippen LogP contribution in [0.1, 0.15) is 25.6 Å². The highest BCUT2D eigenvalue weighted by Crippen LogP contribution is 2.23. The Morgan fingerprint density at radius 3 is 2.45 bits per heavy atom. The number of aromatic nitrogens is 2. The summed E-state index contributed by atoms with van der Waals surface area (Å²) in [5.41, 5.74) is 2.66. The van der Waals surface area contributed by atoms with E-state index < -0.39 is 0 Å². The summed E-state index contributed by atoms with van der Waals surface area (Å²) in [6.07, 6.45) is 0. The summed E-state index contributed by atoms with van der Waals surface area (Å²) in [6.45, 7) is 7.18. The molecule has 3 aromatic rings. The van der Waals surface area contributed by atoms with Crippen LogP contribution in [-0.4, -0.2) is 49.0 Å². The van der Waals surface area contributed by atoms with Crippen molar-refractivity contribution in [1.82, 2.24) is 10.1 Å². The maximum absolute atomic E-state index is 12.2. The lowest BCUT2D eigenvalue weighted by molar-refractivity contribution is -0.118.